The monoisotopic (exact) mass is 284 g/mol. The van der Waals surface area contributed by atoms with Crippen molar-refractivity contribution < 1.29 is 9.90 Å². The van der Waals surface area contributed by atoms with Gasteiger partial charge in [-0.3, -0.25) is 4.90 Å². The standard InChI is InChI=1S/C14H20N2O2.ClH/c1-15-11-14(12-7-3-2-4-8-12)9-5-6-10-16(14)13(17)18;/h2-4,7-8,15H,5-6,9-11H2,1H3,(H,17,18);1H. The maximum absolute atomic E-state index is 11.5. The molecule has 1 unspecified atom stereocenters. The Balaban J connectivity index is 0.00000180. The molecule has 1 fully saturated rings. The molecule has 1 amide bonds. The minimum atomic E-state index is -0.825. The van der Waals surface area contributed by atoms with E-state index in [1.807, 2.05) is 37.4 Å². The van der Waals surface area contributed by atoms with Crippen LogP contribution in [0.4, 0.5) is 4.79 Å². The van der Waals surface area contributed by atoms with Crippen molar-refractivity contribution >= 4 is 18.5 Å². The molecule has 106 valence electrons. The highest BCUT2D eigenvalue weighted by Gasteiger charge is 2.42. The van der Waals surface area contributed by atoms with Gasteiger partial charge in [0.2, 0.25) is 0 Å². The van der Waals surface area contributed by atoms with E-state index in [1.54, 1.807) is 4.90 Å². The maximum atomic E-state index is 11.5. The smallest absolute Gasteiger partial charge is 0.408 e. The van der Waals surface area contributed by atoms with Gasteiger partial charge in [-0.15, -0.1) is 12.4 Å². The van der Waals surface area contributed by atoms with E-state index in [-0.39, 0.29) is 12.4 Å². The SMILES string of the molecule is CNCC1(c2ccccc2)CCCCN1C(=O)O.Cl. The summed E-state index contributed by atoms with van der Waals surface area (Å²) in [5.74, 6) is 0. The van der Waals surface area contributed by atoms with E-state index in [1.165, 1.54) is 0 Å². The van der Waals surface area contributed by atoms with Gasteiger partial charge in [0, 0.05) is 13.1 Å². The lowest BCUT2D eigenvalue weighted by Crippen LogP contribution is -2.56. The van der Waals surface area contributed by atoms with E-state index in [2.05, 4.69) is 5.32 Å². The van der Waals surface area contributed by atoms with Crippen LogP contribution < -0.4 is 5.32 Å². The van der Waals surface area contributed by atoms with Crippen molar-refractivity contribution in [2.24, 2.45) is 0 Å². The number of amides is 1. The van der Waals surface area contributed by atoms with Crippen LogP contribution in [0.2, 0.25) is 0 Å². The lowest BCUT2D eigenvalue weighted by molar-refractivity contribution is 0.0453. The van der Waals surface area contributed by atoms with Gasteiger partial charge in [0.25, 0.3) is 0 Å². The van der Waals surface area contributed by atoms with Crippen LogP contribution in [-0.2, 0) is 5.54 Å². The van der Waals surface area contributed by atoms with E-state index in [4.69, 9.17) is 0 Å². The van der Waals surface area contributed by atoms with Crippen molar-refractivity contribution in [1.82, 2.24) is 10.2 Å². The quantitative estimate of drug-likeness (QED) is 0.897. The fraction of sp³-hybridized carbons (Fsp3) is 0.500. The molecule has 1 saturated heterocycles. The Kier molecular flexibility index (Phi) is 5.63. The van der Waals surface area contributed by atoms with Gasteiger partial charge in [-0.05, 0) is 31.9 Å². The highest BCUT2D eigenvalue weighted by atomic mass is 35.5. The Morgan fingerprint density at radius 1 is 1.37 bits per heavy atom. The number of likely N-dealkylation sites (tertiary alicyclic amines) is 1. The molecule has 2 rings (SSSR count). The van der Waals surface area contributed by atoms with Gasteiger partial charge < -0.3 is 10.4 Å². The second kappa shape index (κ2) is 6.78. The van der Waals surface area contributed by atoms with E-state index in [0.29, 0.717) is 13.1 Å². The molecule has 1 aromatic carbocycles. The van der Waals surface area contributed by atoms with Gasteiger partial charge in [0.15, 0.2) is 0 Å². The normalized spacial score (nSPS) is 22.7. The predicted molar refractivity (Wildman–Crippen MR) is 77.9 cm³/mol. The minimum absolute atomic E-state index is 0. The first kappa shape index (κ1) is 15.8. The summed E-state index contributed by atoms with van der Waals surface area (Å²) in [6, 6.07) is 9.96. The summed E-state index contributed by atoms with van der Waals surface area (Å²) in [5, 5.41) is 12.6. The summed E-state index contributed by atoms with van der Waals surface area (Å²) in [5.41, 5.74) is 0.668. The summed E-state index contributed by atoms with van der Waals surface area (Å²) >= 11 is 0. The third-order valence-electron chi connectivity index (χ3n) is 3.75. The number of hydrogen-bond donors (Lipinski definition) is 2. The van der Waals surface area contributed by atoms with Crippen LogP contribution in [0.25, 0.3) is 0 Å². The molecule has 0 saturated carbocycles. The number of benzene rings is 1. The lowest BCUT2D eigenvalue weighted by Gasteiger charge is -2.46. The molecule has 0 aliphatic carbocycles. The van der Waals surface area contributed by atoms with Crippen molar-refractivity contribution in [3.8, 4) is 0 Å². The van der Waals surface area contributed by atoms with E-state index >= 15 is 0 Å². The molecule has 0 aromatic heterocycles. The molecule has 1 aromatic rings. The van der Waals surface area contributed by atoms with Gasteiger partial charge in [0.1, 0.15) is 0 Å². The van der Waals surface area contributed by atoms with E-state index in [9.17, 15) is 9.90 Å². The number of nitrogens with zero attached hydrogens (tertiary/aromatic N) is 1. The number of piperidine rings is 1. The Morgan fingerprint density at radius 2 is 2.05 bits per heavy atom. The van der Waals surface area contributed by atoms with Crippen LogP contribution in [-0.4, -0.2) is 36.2 Å². The molecule has 0 spiro atoms. The first-order valence-electron chi connectivity index (χ1n) is 6.41. The summed E-state index contributed by atoms with van der Waals surface area (Å²) in [7, 11) is 1.87. The summed E-state index contributed by atoms with van der Waals surface area (Å²) in [6.45, 7) is 1.27. The zero-order valence-electron chi connectivity index (χ0n) is 11.1. The summed E-state index contributed by atoms with van der Waals surface area (Å²) in [6.07, 6.45) is 2.07. The Hall–Kier alpha value is -1.26. The maximum Gasteiger partial charge on any atom is 0.408 e. The number of hydrogen-bond acceptors (Lipinski definition) is 2. The van der Waals surface area contributed by atoms with Crippen LogP contribution in [0.5, 0.6) is 0 Å². The second-order valence-corrected chi connectivity index (χ2v) is 4.82. The fourth-order valence-corrected chi connectivity index (χ4v) is 2.94. The number of halogens is 1. The molecule has 1 heterocycles. The first-order valence-corrected chi connectivity index (χ1v) is 6.41. The molecule has 1 aliphatic rings. The molecule has 19 heavy (non-hydrogen) atoms. The van der Waals surface area contributed by atoms with Gasteiger partial charge in [-0.1, -0.05) is 30.3 Å². The van der Waals surface area contributed by atoms with Gasteiger partial charge in [0.05, 0.1) is 5.54 Å². The zero-order valence-corrected chi connectivity index (χ0v) is 11.9. The molecule has 2 N–H and O–H groups in total. The highest BCUT2D eigenvalue weighted by Crippen LogP contribution is 2.37. The van der Waals surface area contributed by atoms with Crippen molar-refractivity contribution in [3.05, 3.63) is 35.9 Å². The Morgan fingerprint density at radius 3 is 2.63 bits per heavy atom. The predicted octanol–water partition coefficient (Wildman–Crippen LogP) is 2.69. The first-order chi connectivity index (χ1) is 8.70. The summed E-state index contributed by atoms with van der Waals surface area (Å²) in [4.78, 5) is 13.1. The molecule has 4 nitrogen and oxygen atoms in total. The van der Waals surface area contributed by atoms with Gasteiger partial charge >= 0.3 is 6.09 Å². The van der Waals surface area contributed by atoms with Crippen LogP contribution in [0, 0.1) is 0 Å². The molecule has 0 bridgehead atoms. The van der Waals surface area contributed by atoms with E-state index in [0.717, 1.165) is 24.8 Å². The third-order valence-corrected chi connectivity index (χ3v) is 3.75. The third kappa shape index (κ3) is 3.01. The molecular formula is C14H21ClN2O2. The molecule has 1 aliphatic heterocycles. The number of carbonyl (C=O) groups is 1. The molecule has 0 radical (unpaired) electrons. The van der Waals surface area contributed by atoms with Crippen LogP contribution >= 0.6 is 12.4 Å². The van der Waals surface area contributed by atoms with Crippen LogP contribution in [0.1, 0.15) is 24.8 Å². The number of likely N-dealkylation sites (N-methyl/N-ethyl adjacent to an activating group) is 1. The second-order valence-electron chi connectivity index (χ2n) is 4.82. The highest BCUT2D eigenvalue weighted by molar-refractivity contribution is 5.85. The number of rotatable bonds is 3. The van der Waals surface area contributed by atoms with Crippen molar-refractivity contribution in [3.63, 3.8) is 0 Å². The molecule has 5 heteroatoms. The Labute approximate surface area is 120 Å². The molecule has 1 atom stereocenters. The lowest BCUT2D eigenvalue weighted by atomic mass is 9.80. The van der Waals surface area contributed by atoms with Crippen molar-refractivity contribution in [2.45, 2.75) is 24.8 Å². The average Bonchev–Trinajstić information content (AvgIpc) is 2.40. The summed E-state index contributed by atoms with van der Waals surface area (Å²) < 4.78 is 0. The average molecular weight is 285 g/mol. The van der Waals surface area contributed by atoms with Crippen LogP contribution in [0.3, 0.4) is 0 Å². The van der Waals surface area contributed by atoms with Crippen molar-refractivity contribution in [2.75, 3.05) is 20.1 Å². The van der Waals surface area contributed by atoms with Gasteiger partial charge in [-0.25, -0.2) is 4.79 Å². The van der Waals surface area contributed by atoms with E-state index < -0.39 is 11.6 Å². The number of nitrogens with one attached hydrogen (secondary N) is 1. The minimum Gasteiger partial charge on any atom is -0.465 e. The fourth-order valence-electron chi connectivity index (χ4n) is 2.94. The molecular weight excluding hydrogens is 264 g/mol. The van der Waals surface area contributed by atoms with Crippen LogP contribution in [0.15, 0.2) is 30.3 Å². The topological polar surface area (TPSA) is 52.6 Å². The van der Waals surface area contributed by atoms with Gasteiger partial charge in [-0.2, -0.15) is 0 Å². The Bertz CT molecular complexity index is 409. The van der Waals surface area contributed by atoms with Crippen molar-refractivity contribution in [1.29, 1.82) is 0 Å². The largest absolute Gasteiger partial charge is 0.465 e. The zero-order chi connectivity index (χ0) is 13.0. The number of carboxylic acid groups (broad SMARTS) is 1.